The molecule has 122 valence electrons. The van der Waals surface area contributed by atoms with Crippen LogP contribution in [0.4, 0.5) is 5.69 Å². The van der Waals surface area contributed by atoms with Gasteiger partial charge in [-0.2, -0.15) is 0 Å². The topological polar surface area (TPSA) is 70.2 Å². The Balaban J connectivity index is 2.24. The second-order valence-corrected chi connectivity index (χ2v) is 6.34. The lowest BCUT2D eigenvalue weighted by Crippen LogP contribution is -2.36. The number of thioether (sulfide) groups is 1. The third kappa shape index (κ3) is 7.47. The predicted octanol–water partition coefficient (Wildman–Crippen LogP) is 1.78. The van der Waals surface area contributed by atoms with Crippen molar-refractivity contribution in [3.63, 3.8) is 0 Å². The average Bonchev–Trinajstić information content (AvgIpc) is 2.51. The van der Waals surface area contributed by atoms with Gasteiger partial charge in [-0.1, -0.05) is 24.6 Å². The highest BCUT2D eigenvalue weighted by Crippen LogP contribution is 2.13. The minimum absolute atomic E-state index is 0.0361. The minimum Gasteiger partial charge on any atom is -0.354 e. The van der Waals surface area contributed by atoms with Gasteiger partial charge in [-0.05, 0) is 32.5 Å². The number of hydrogen-bond donors (Lipinski definition) is 3. The van der Waals surface area contributed by atoms with E-state index in [1.807, 2.05) is 45.0 Å². The van der Waals surface area contributed by atoms with Crippen LogP contribution in [-0.4, -0.2) is 42.5 Å². The van der Waals surface area contributed by atoms with Crippen LogP contribution in [0.2, 0.25) is 0 Å². The molecule has 0 fully saturated rings. The van der Waals surface area contributed by atoms with E-state index in [1.165, 1.54) is 11.8 Å². The van der Waals surface area contributed by atoms with E-state index < -0.39 is 0 Å². The number of benzene rings is 1. The lowest BCUT2D eigenvalue weighted by atomic mass is 10.2. The van der Waals surface area contributed by atoms with E-state index in [0.29, 0.717) is 6.54 Å². The van der Waals surface area contributed by atoms with Crippen LogP contribution in [0.5, 0.6) is 0 Å². The number of anilines is 1. The van der Waals surface area contributed by atoms with Crippen molar-refractivity contribution in [1.29, 1.82) is 0 Å². The summed E-state index contributed by atoms with van der Waals surface area (Å²) in [5.74, 6) is 0.127. The van der Waals surface area contributed by atoms with E-state index in [-0.39, 0.29) is 22.8 Å². The molecule has 1 aromatic rings. The second-order valence-electron chi connectivity index (χ2n) is 5.01. The van der Waals surface area contributed by atoms with Gasteiger partial charge in [0.15, 0.2) is 0 Å². The van der Waals surface area contributed by atoms with Gasteiger partial charge in [0, 0.05) is 18.8 Å². The quantitative estimate of drug-likeness (QED) is 0.606. The number of carbonyl (C=O) groups excluding carboxylic acids is 2. The zero-order valence-electron chi connectivity index (χ0n) is 13.4. The lowest BCUT2D eigenvalue weighted by Gasteiger charge is -2.12. The summed E-state index contributed by atoms with van der Waals surface area (Å²) in [6.45, 7) is 8.08. The van der Waals surface area contributed by atoms with Crippen molar-refractivity contribution >= 4 is 29.3 Å². The fraction of sp³-hybridized carbons (Fsp3) is 0.500. The Bertz CT molecular complexity index is 477. The summed E-state index contributed by atoms with van der Waals surface area (Å²) in [4.78, 5) is 23.7. The molecule has 1 rings (SSSR count). The highest BCUT2D eigenvalue weighted by molar-refractivity contribution is 8.01. The van der Waals surface area contributed by atoms with Gasteiger partial charge >= 0.3 is 0 Å². The Morgan fingerprint density at radius 1 is 1.18 bits per heavy atom. The number of likely N-dealkylation sites (N-methyl/N-ethyl adjacent to an activating group) is 1. The number of carbonyl (C=O) groups is 2. The minimum atomic E-state index is -0.245. The van der Waals surface area contributed by atoms with E-state index in [4.69, 9.17) is 0 Å². The molecule has 0 radical (unpaired) electrons. The Morgan fingerprint density at radius 3 is 2.50 bits per heavy atom. The molecule has 2 amide bonds. The van der Waals surface area contributed by atoms with Gasteiger partial charge in [-0.15, -0.1) is 11.8 Å². The van der Waals surface area contributed by atoms with Gasteiger partial charge in [0.05, 0.1) is 11.0 Å². The summed E-state index contributed by atoms with van der Waals surface area (Å²) in [6, 6.07) is 7.63. The number of hydrogen-bond acceptors (Lipinski definition) is 4. The molecule has 6 heteroatoms. The van der Waals surface area contributed by atoms with Crippen LogP contribution in [0, 0.1) is 6.92 Å². The first-order chi connectivity index (χ1) is 10.5. The molecule has 1 atom stereocenters. The highest BCUT2D eigenvalue weighted by atomic mass is 32.2. The van der Waals surface area contributed by atoms with Crippen LogP contribution in [0.15, 0.2) is 24.3 Å². The summed E-state index contributed by atoms with van der Waals surface area (Å²) < 4.78 is 0. The van der Waals surface area contributed by atoms with E-state index in [2.05, 4.69) is 16.0 Å². The zero-order chi connectivity index (χ0) is 16.4. The molecule has 5 nitrogen and oxygen atoms in total. The van der Waals surface area contributed by atoms with Crippen LogP contribution < -0.4 is 16.0 Å². The summed E-state index contributed by atoms with van der Waals surface area (Å²) in [7, 11) is 0. The van der Waals surface area contributed by atoms with Gasteiger partial charge in [0.25, 0.3) is 0 Å². The van der Waals surface area contributed by atoms with Crippen LogP contribution in [-0.2, 0) is 9.59 Å². The van der Waals surface area contributed by atoms with E-state index in [1.54, 1.807) is 0 Å². The van der Waals surface area contributed by atoms with E-state index in [9.17, 15) is 9.59 Å². The van der Waals surface area contributed by atoms with Crippen molar-refractivity contribution in [1.82, 2.24) is 10.6 Å². The molecule has 0 bridgehead atoms. The van der Waals surface area contributed by atoms with E-state index >= 15 is 0 Å². The molecule has 0 aliphatic heterocycles. The second kappa shape index (κ2) is 10.2. The highest BCUT2D eigenvalue weighted by Gasteiger charge is 2.14. The number of aryl methyl sites for hydroxylation is 1. The first-order valence-electron chi connectivity index (χ1n) is 7.49. The first kappa shape index (κ1) is 18.5. The third-order valence-corrected chi connectivity index (χ3v) is 4.16. The van der Waals surface area contributed by atoms with Gasteiger partial charge in [-0.25, -0.2) is 0 Å². The molecule has 3 N–H and O–H groups in total. The van der Waals surface area contributed by atoms with Crippen molar-refractivity contribution in [2.75, 3.05) is 30.7 Å². The van der Waals surface area contributed by atoms with Crippen LogP contribution in [0.1, 0.15) is 19.4 Å². The smallest absolute Gasteiger partial charge is 0.234 e. The maximum Gasteiger partial charge on any atom is 0.234 e. The Kier molecular flexibility index (Phi) is 8.62. The molecular weight excluding hydrogens is 298 g/mol. The summed E-state index contributed by atoms with van der Waals surface area (Å²) >= 11 is 1.33. The van der Waals surface area contributed by atoms with Gasteiger partial charge in [0.1, 0.15) is 0 Å². The number of amides is 2. The summed E-state index contributed by atoms with van der Waals surface area (Å²) in [5, 5.41) is 8.56. The molecule has 0 heterocycles. The van der Waals surface area contributed by atoms with Crippen molar-refractivity contribution in [3.8, 4) is 0 Å². The Morgan fingerprint density at radius 2 is 1.86 bits per heavy atom. The van der Waals surface area contributed by atoms with Crippen molar-refractivity contribution in [3.05, 3.63) is 29.8 Å². The van der Waals surface area contributed by atoms with Gasteiger partial charge < -0.3 is 16.0 Å². The molecular formula is C16H25N3O2S. The molecule has 1 aromatic carbocycles. The number of nitrogens with one attached hydrogen (secondary N) is 3. The Labute approximate surface area is 136 Å². The molecule has 0 aromatic heterocycles. The standard InChI is InChI=1S/C16H25N3O2S/c1-4-17-9-10-18-16(21)13(3)22-11-15(20)19-14-7-5-12(2)6-8-14/h5-8,13,17H,4,9-11H2,1-3H3,(H,18,21)(H,19,20). The van der Waals surface area contributed by atoms with Crippen molar-refractivity contribution < 1.29 is 9.59 Å². The molecule has 0 spiro atoms. The fourth-order valence-electron chi connectivity index (χ4n) is 1.70. The summed E-state index contributed by atoms with van der Waals surface area (Å²) in [6.07, 6.45) is 0. The molecule has 0 aliphatic carbocycles. The third-order valence-electron chi connectivity index (χ3n) is 3.02. The fourth-order valence-corrected chi connectivity index (χ4v) is 2.41. The molecule has 22 heavy (non-hydrogen) atoms. The van der Waals surface area contributed by atoms with Crippen LogP contribution >= 0.6 is 11.8 Å². The molecule has 0 aliphatic rings. The normalized spacial score (nSPS) is 11.8. The maximum atomic E-state index is 11.8. The predicted molar refractivity (Wildman–Crippen MR) is 93.3 cm³/mol. The molecule has 1 unspecified atom stereocenters. The monoisotopic (exact) mass is 323 g/mol. The van der Waals surface area contributed by atoms with Gasteiger partial charge in [-0.3, -0.25) is 9.59 Å². The SMILES string of the molecule is CCNCCNC(=O)C(C)SCC(=O)Nc1ccc(C)cc1. The van der Waals surface area contributed by atoms with Crippen molar-refractivity contribution in [2.24, 2.45) is 0 Å². The maximum absolute atomic E-state index is 11.8. The largest absolute Gasteiger partial charge is 0.354 e. The summed E-state index contributed by atoms with van der Waals surface area (Å²) in [5.41, 5.74) is 1.93. The van der Waals surface area contributed by atoms with E-state index in [0.717, 1.165) is 24.3 Å². The van der Waals surface area contributed by atoms with Gasteiger partial charge in [0.2, 0.25) is 11.8 Å². The zero-order valence-corrected chi connectivity index (χ0v) is 14.3. The number of rotatable bonds is 9. The van der Waals surface area contributed by atoms with Crippen LogP contribution in [0.3, 0.4) is 0 Å². The van der Waals surface area contributed by atoms with Crippen molar-refractivity contribution in [2.45, 2.75) is 26.0 Å². The average molecular weight is 323 g/mol. The first-order valence-corrected chi connectivity index (χ1v) is 8.54. The van der Waals surface area contributed by atoms with Crippen LogP contribution in [0.25, 0.3) is 0 Å². The lowest BCUT2D eigenvalue weighted by molar-refractivity contribution is -0.120. The Hall–Kier alpha value is -1.53. The molecule has 0 saturated carbocycles. The molecule has 0 saturated heterocycles.